The van der Waals surface area contributed by atoms with Crippen LogP contribution in [0.2, 0.25) is 0 Å². The molecular weight excluding hydrogens is 240 g/mol. The molecule has 2 N–H and O–H groups in total. The van der Waals surface area contributed by atoms with Crippen molar-refractivity contribution in [2.24, 2.45) is 0 Å². The molecule has 5 heteroatoms. The van der Waals surface area contributed by atoms with Crippen molar-refractivity contribution in [3.8, 4) is 18.1 Å². The molecule has 98 valence electrons. The number of nitrogens with one attached hydrogen (secondary N) is 2. The monoisotopic (exact) mass is 256 g/mol. The highest BCUT2D eigenvalue weighted by Gasteiger charge is 2.02. The lowest BCUT2D eigenvalue weighted by Gasteiger charge is -2.10. The number of ether oxygens (including phenoxy) is 1. The van der Waals surface area contributed by atoms with Gasteiger partial charge in [-0.2, -0.15) is 5.10 Å². The fourth-order valence-corrected chi connectivity index (χ4v) is 1.69. The third-order valence-corrected chi connectivity index (χ3v) is 2.60. The molecule has 2 aromatic rings. The van der Waals surface area contributed by atoms with Crippen molar-refractivity contribution in [2.75, 3.05) is 13.2 Å². The summed E-state index contributed by atoms with van der Waals surface area (Å²) < 4.78 is 5.48. The van der Waals surface area contributed by atoms with E-state index < -0.39 is 0 Å². The molecule has 0 fully saturated rings. The summed E-state index contributed by atoms with van der Waals surface area (Å²) in [6.45, 7) is 1.84. The summed E-state index contributed by atoms with van der Waals surface area (Å²) in [5.41, 5.74) is 1.09. The molecule has 2 rings (SSSR count). The highest BCUT2D eigenvalue weighted by Crippen LogP contribution is 2.17. The van der Waals surface area contributed by atoms with Crippen LogP contribution in [0.3, 0.4) is 0 Å². The van der Waals surface area contributed by atoms with Crippen molar-refractivity contribution >= 4 is 0 Å². The molecule has 0 amide bonds. The first-order chi connectivity index (χ1) is 9.40. The third kappa shape index (κ3) is 4.12. The fraction of sp³-hybridized carbons (Fsp3) is 0.286. The summed E-state index contributed by atoms with van der Waals surface area (Å²) >= 11 is 0. The molecule has 5 nitrogen and oxygen atoms in total. The van der Waals surface area contributed by atoms with Gasteiger partial charge in [0, 0.05) is 25.1 Å². The molecule has 1 aromatic carbocycles. The molecule has 0 atom stereocenters. The molecule has 0 saturated heterocycles. The Labute approximate surface area is 112 Å². The fourth-order valence-electron chi connectivity index (χ4n) is 1.69. The van der Waals surface area contributed by atoms with Crippen LogP contribution in [0.5, 0.6) is 5.75 Å². The number of terminal acetylenes is 1. The third-order valence-electron chi connectivity index (χ3n) is 2.60. The lowest BCUT2D eigenvalue weighted by molar-refractivity contribution is 0.365. The number of hydrogen-bond acceptors (Lipinski definition) is 4. The number of H-pyrrole nitrogens is 1. The minimum atomic E-state index is 0.287. The number of rotatable bonds is 7. The number of nitrogens with zero attached hydrogens (tertiary/aromatic N) is 2. The summed E-state index contributed by atoms with van der Waals surface area (Å²) in [5.74, 6) is 4.17. The molecule has 0 spiro atoms. The van der Waals surface area contributed by atoms with Crippen molar-refractivity contribution in [1.29, 1.82) is 0 Å². The number of aromatic nitrogens is 3. The van der Waals surface area contributed by atoms with Crippen molar-refractivity contribution in [3.05, 3.63) is 42.0 Å². The van der Waals surface area contributed by atoms with Crippen LogP contribution >= 0.6 is 0 Å². The standard InChI is InChI=1S/C14H16N4O/c1-2-9-19-13-6-4-3-5-12(13)10-15-8-7-14-16-11-17-18-14/h1,3-6,11,15H,7-10H2,(H,16,17,18). The Morgan fingerprint density at radius 2 is 2.26 bits per heavy atom. The second kappa shape index (κ2) is 7.19. The van der Waals surface area contributed by atoms with E-state index in [0.29, 0.717) is 0 Å². The van der Waals surface area contributed by atoms with Crippen molar-refractivity contribution in [3.63, 3.8) is 0 Å². The number of hydrogen-bond donors (Lipinski definition) is 2. The van der Waals surface area contributed by atoms with Gasteiger partial charge in [0.05, 0.1) is 0 Å². The second-order valence-corrected chi connectivity index (χ2v) is 3.96. The summed E-state index contributed by atoms with van der Waals surface area (Å²) in [6, 6.07) is 7.86. The Kier molecular flexibility index (Phi) is 4.96. The van der Waals surface area contributed by atoms with Crippen LogP contribution in [0, 0.1) is 12.3 Å². The Morgan fingerprint density at radius 3 is 3.05 bits per heavy atom. The van der Waals surface area contributed by atoms with E-state index in [1.54, 1.807) is 0 Å². The molecule has 1 aromatic heterocycles. The number of para-hydroxylation sites is 1. The summed E-state index contributed by atoms with van der Waals surface area (Å²) in [5, 5.41) is 9.97. The van der Waals surface area contributed by atoms with Crippen molar-refractivity contribution < 1.29 is 4.74 Å². The Morgan fingerprint density at radius 1 is 1.37 bits per heavy atom. The van der Waals surface area contributed by atoms with Crippen LogP contribution in [0.1, 0.15) is 11.4 Å². The number of benzene rings is 1. The van der Waals surface area contributed by atoms with Crippen LogP contribution in [-0.2, 0) is 13.0 Å². The zero-order valence-electron chi connectivity index (χ0n) is 10.6. The Bertz CT molecular complexity index is 531. The first kappa shape index (κ1) is 13.1. The summed E-state index contributed by atoms with van der Waals surface area (Å²) in [6.07, 6.45) is 7.52. The average Bonchev–Trinajstić information content (AvgIpc) is 2.95. The molecule has 0 aliphatic rings. The maximum atomic E-state index is 5.48. The van der Waals surface area contributed by atoms with E-state index >= 15 is 0 Å². The lowest BCUT2D eigenvalue weighted by Crippen LogP contribution is -2.17. The minimum absolute atomic E-state index is 0.287. The van der Waals surface area contributed by atoms with E-state index in [2.05, 4.69) is 26.4 Å². The van der Waals surface area contributed by atoms with Gasteiger partial charge < -0.3 is 10.1 Å². The normalized spacial score (nSPS) is 10.1. The molecule has 0 aliphatic carbocycles. The van der Waals surface area contributed by atoms with Gasteiger partial charge in [0.1, 0.15) is 24.5 Å². The molecule has 0 unspecified atom stereocenters. The molecule has 1 heterocycles. The zero-order chi connectivity index (χ0) is 13.3. The largest absolute Gasteiger partial charge is 0.481 e. The van der Waals surface area contributed by atoms with Crippen LogP contribution in [-0.4, -0.2) is 28.3 Å². The maximum Gasteiger partial charge on any atom is 0.148 e. The van der Waals surface area contributed by atoms with Crippen LogP contribution in [0.15, 0.2) is 30.6 Å². The van der Waals surface area contributed by atoms with Gasteiger partial charge >= 0.3 is 0 Å². The van der Waals surface area contributed by atoms with Crippen molar-refractivity contribution in [1.82, 2.24) is 20.5 Å². The van der Waals surface area contributed by atoms with Crippen LogP contribution in [0.4, 0.5) is 0 Å². The predicted octanol–water partition coefficient (Wildman–Crippen LogP) is 1.15. The van der Waals surface area contributed by atoms with Gasteiger partial charge in [-0.15, -0.1) is 6.42 Å². The van der Waals surface area contributed by atoms with Gasteiger partial charge in [0.2, 0.25) is 0 Å². The second-order valence-electron chi connectivity index (χ2n) is 3.96. The van der Waals surface area contributed by atoms with Gasteiger partial charge in [-0.3, -0.25) is 5.10 Å². The van der Waals surface area contributed by atoms with E-state index in [4.69, 9.17) is 11.2 Å². The smallest absolute Gasteiger partial charge is 0.148 e. The van der Waals surface area contributed by atoms with Gasteiger partial charge in [-0.25, -0.2) is 4.98 Å². The van der Waals surface area contributed by atoms with Gasteiger partial charge in [-0.05, 0) is 6.07 Å². The topological polar surface area (TPSA) is 62.8 Å². The quantitative estimate of drug-likeness (QED) is 0.576. The first-order valence-electron chi connectivity index (χ1n) is 6.09. The number of aromatic amines is 1. The highest BCUT2D eigenvalue weighted by molar-refractivity contribution is 5.33. The predicted molar refractivity (Wildman–Crippen MR) is 72.6 cm³/mol. The van der Waals surface area contributed by atoms with E-state index in [1.165, 1.54) is 6.33 Å². The van der Waals surface area contributed by atoms with Gasteiger partial charge in [-0.1, -0.05) is 24.1 Å². The lowest BCUT2D eigenvalue weighted by atomic mass is 10.2. The zero-order valence-corrected chi connectivity index (χ0v) is 10.6. The van der Waals surface area contributed by atoms with Gasteiger partial charge in [0.15, 0.2) is 0 Å². The van der Waals surface area contributed by atoms with Crippen LogP contribution < -0.4 is 10.1 Å². The van der Waals surface area contributed by atoms with Crippen LogP contribution in [0.25, 0.3) is 0 Å². The molecule has 0 saturated carbocycles. The Balaban J connectivity index is 1.80. The van der Waals surface area contributed by atoms with E-state index in [0.717, 1.165) is 36.6 Å². The molecule has 0 bridgehead atoms. The molecule has 0 aliphatic heterocycles. The Hall–Kier alpha value is -2.32. The highest BCUT2D eigenvalue weighted by atomic mass is 16.5. The van der Waals surface area contributed by atoms with E-state index in [-0.39, 0.29) is 6.61 Å². The van der Waals surface area contributed by atoms with E-state index in [1.807, 2.05) is 24.3 Å². The maximum absolute atomic E-state index is 5.48. The molecule has 0 radical (unpaired) electrons. The SMILES string of the molecule is C#CCOc1ccccc1CNCCc1ncn[nH]1. The molecule has 19 heavy (non-hydrogen) atoms. The summed E-state index contributed by atoms with van der Waals surface area (Å²) in [7, 11) is 0. The average molecular weight is 256 g/mol. The van der Waals surface area contributed by atoms with Gasteiger partial charge in [0.25, 0.3) is 0 Å². The summed E-state index contributed by atoms with van der Waals surface area (Å²) in [4.78, 5) is 4.07. The minimum Gasteiger partial charge on any atom is -0.481 e. The van der Waals surface area contributed by atoms with Crippen molar-refractivity contribution in [2.45, 2.75) is 13.0 Å². The first-order valence-corrected chi connectivity index (χ1v) is 6.09. The molecular formula is C14H16N4O. The van der Waals surface area contributed by atoms with E-state index in [9.17, 15) is 0 Å².